The number of carbonyl (C=O) groups excluding carboxylic acids is 1. The summed E-state index contributed by atoms with van der Waals surface area (Å²) in [5, 5.41) is 9.95. The fourth-order valence-electron chi connectivity index (χ4n) is 2.53. The number of rotatable bonds is 7. The number of pyridine rings is 1. The molecule has 0 aliphatic rings. The molecule has 1 aromatic carbocycles. The second-order valence-corrected chi connectivity index (χ2v) is 5.07. The SMILES string of the molecule is CCCN(CC(=O)O)c1c(C(=O)OCC)cnc2ccccc12. The first-order valence-corrected chi connectivity index (χ1v) is 7.60. The highest BCUT2D eigenvalue weighted by Crippen LogP contribution is 2.30. The minimum atomic E-state index is -0.950. The Bertz CT molecular complexity index is 715. The number of nitrogens with zero attached hydrogens (tertiary/aromatic N) is 2. The number of aromatic nitrogens is 1. The van der Waals surface area contributed by atoms with E-state index in [0.717, 1.165) is 11.8 Å². The fourth-order valence-corrected chi connectivity index (χ4v) is 2.53. The fraction of sp³-hybridized carbons (Fsp3) is 0.353. The molecule has 0 radical (unpaired) electrons. The first-order valence-electron chi connectivity index (χ1n) is 7.60. The van der Waals surface area contributed by atoms with Crippen LogP contribution in [0.1, 0.15) is 30.6 Å². The van der Waals surface area contributed by atoms with E-state index in [1.807, 2.05) is 31.2 Å². The molecule has 6 heteroatoms. The van der Waals surface area contributed by atoms with Crippen molar-refractivity contribution in [2.75, 3.05) is 24.6 Å². The van der Waals surface area contributed by atoms with Crippen LogP contribution in [-0.4, -0.2) is 41.7 Å². The minimum Gasteiger partial charge on any atom is -0.480 e. The van der Waals surface area contributed by atoms with Crippen molar-refractivity contribution < 1.29 is 19.4 Å². The summed E-state index contributed by atoms with van der Waals surface area (Å²) in [7, 11) is 0. The number of fused-ring (bicyclic) bond motifs is 1. The van der Waals surface area contributed by atoms with E-state index in [4.69, 9.17) is 4.74 Å². The van der Waals surface area contributed by atoms with E-state index < -0.39 is 11.9 Å². The van der Waals surface area contributed by atoms with Crippen molar-refractivity contribution in [1.29, 1.82) is 0 Å². The van der Waals surface area contributed by atoms with Crippen molar-refractivity contribution in [1.82, 2.24) is 4.98 Å². The Balaban J connectivity index is 2.65. The van der Waals surface area contributed by atoms with Crippen LogP contribution >= 0.6 is 0 Å². The van der Waals surface area contributed by atoms with Crippen LogP contribution in [0.25, 0.3) is 10.9 Å². The normalized spacial score (nSPS) is 10.5. The lowest BCUT2D eigenvalue weighted by Crippen LogP contribution is -2.32. The van der Waals surface area contributed by atoms with Gasteiger partial charge in [-0.3, -0.25) is 9.78 Å². The van der Waals surface area contributed by atoms with Gasteiger partial charge in [0.15, 0.2) is 0 Å². The van der Waals surface area contributed by atoms with E-state index in [1.165, 1.54) is 6.20 Å². The zero-order valence-corrected chi connectivity index (χ0v) is 13.3. The summed E-state index contributed by atoms with van der Waals surface area (Å²) in [6.45, 7) is 4.27. The average Bonchev–Trinajstić information content (AvgIpc) is 2.53. The van der Waals surface area contributed by atoms with Gasteiger partial charge in [-0.05, 0) is 19.4 Å². The number of hydrogen-bond acceptors (Lipinski definition) is 5. The summed E-state index contributed by atoms with van der Waals surface area (Å²) in [4.78, 5) is 29.5. The van der Waals surface area contributed by atoms with Crippen molar-refractivity contribution in [3.8, 4) is 0 Å². The van der Waals surface area contributed by atoms with E-state index in [0.29, 0.717) is 23.3 Å². The Morgan fingerprint density at radius 1 is 1.26 bits per heavy atom. The smallest absolute Gasteiger partial charge is 0.341 e. The van der Waals surface area contributed by atoms with Crippen molar-refractivity contribution in [3.05, 3.63) is 36.0 Å². The number of para-hydroxylation sites is 1. The molecule has 0 fully saturated rings. The topological polar surface area (TPSA) is 79.7 Å². The summed E-state index contributed by atoms with van der Waals surface area (Å²) in [5.74, 6) is -1.44. The predicted octanol–water partition coefficient (Wildman–Crippen LogP) is 2.71. The molecule has 0 aliphatic heterocycles. The monoisotopic (exact) mass is 316 g/mol. The molecule has 122 valence electrons. The van der Waals surface area contributed by atoms with Gasteiger partial charge in [0.1, 0.15) is 12.1 Å². The molecule has 0 saturated carbocycles. The number of anilines is 1. The lowest BCUT2D eigenvalue weighted by Gasteiger charge is -2.25. The van der Waals surface area contributed by atoms with Crippen molar-refractivity contribution >= 4 is 28.5 Å². The number of carboxylic acid groups (broad SMARTS) is 1. The molecule has 0 aliphatic carbocycles. The van der Waals surface area contributed by atoms with Crippen LogP contribution in [0.15, 0.2) is 30.5 Å². The first kappa shape index (κ1) is 16.7. The number of aliphatic carboxylic acids is 1. The summed E-state index contributed by atoms with van der Waals surface area (Å²) in [6, 6.07) is 7.36. The Morgan fingerprint density at radius 3 is 2.65 bits per heavy atom. The van der Waals surface area contributed by atoms with E-state index in [-0.39, 0.29) is 13.2 Å². The number of hydrogen-bond donors (Lipinski definition) is 1. The van der Waals surface area contributed by atoms with Crippen molar-refractivity contribution in [2.45, 2.75) is 20.3 Å². The molecule has 23 heavy (non-hydrogen) atoms. The molecule has 0 spiro atoms. The Kier molecular flexibility index (Phi) is 5.51. The number of esters is 1. The third kappa shape index (κ3) is 3.77. The maximum Gasteiger partial charge on any atom is 0.341 e. The molecule has 0 amide bonds. The zero-order chi connectivity index (χ0) is 16.8. The molecule has 1 N–H and O–H groups in total. The molecule has 2 aromatic rings. The number of carboxylic acids is 1. The number of benzene rings is 1. The third-order valence-electron chi connectivity index (χ3n) is 3.38. The Labute approximate surface area is 134 Å². The molecular weight excluding hydrogens is 296 g/mol. The van der Waals surface area contributed by atoms with Crippen LogP contribution in [-0.2, 0) is 9.53 Å². The van der Waals surface area contributed by atoms with Gasteiger partial charge in [-0.15, -0.1) is 0 Å². The van der Waals surface area contributed by atoms with Gasteiger partial charge >= 0.3 is 11.9 Å². The van der Waals surface area contributed by atoms with Gasteiger partial charge in [0.05, 0.1) is 17.8 Å². The largest absolute Gasteiger partial charge is 0.480 e. The highest BCUT2D eigenvalue weighted by atomic mass is 16.5. The van der Waals surface area contributed by atoms with Gasteiger partial charge in [0, 0.05) is 18.1 Å². The van der Waals surface area contributed by atoms with Gasteiger partial charge in [-0.25, -0.2) is 4.79 Å². The van der Waals surface area contributed by atoms with Gasteiger partial charge in [-0.2, -0.15) is 0 Å². The van der Waals surface area contributed by atoms with E-state index in [1.54, 1.807) is 11.8 Å². The van der Waals surface area contributed by atoms with Crippen LogP contribution in [0.3, 0.4) is 0 Å². The predicted molar refractivity (Wildman–Crippen MR) is 87.8 cm³/mol. The summed E-state index contributed by atoms with van der Waals surface area (Å²) < 4.78 is 5.10. The highest BCUT2D eigenvalue weighted by Gasteiger charge is 2.22. The Morgan fingerprint density at radius 2 is 2.00 bits per heavy atom. The summed E-state index contributed by atoms with van der Waals surface area (Å²) in [6.07, 6.45) is 2.21. The molecule has 0 bridgehead atoms. The lowest BCUT2D eigenvalue weighted by molar-refractivity contribution is -0.135. The van der Waals surface area contributed by atoms with Crippen LogP contribution in [0, 0.1) is 0 Å². The molecule has 6 nitrogen and oxygen atoms in total. The second kappa shape index (κ2) is 7.58. The quantitative estimate of drug-likeness (QED) is 0.791. The molecule has 0 atom stereocenters. The van der Waals surface area contributed by atoms with Crippen molar-refractivity contribution in [2.24, 2.45) is 0 Å². The highest BCUT2D eigenvalue weighted by molar-refractivity contribution is 6.05. The minimum absolute atomic E-state index is 0.186. The average molecular weight is 316 g/mol. The van der Waals surface area contributed by atoms with Crippen LogP contribution < -0.4 is 4.90 Å². The maximum atomic E-state index is 12.3. The van der Waals surface area contributed by atoms with E-state index >= 15 is 0 Å². The Hall–Kier alpha value is -2.63. The maximum absolute atomic E-state index is 12.3. The van der Waals surface area contributed by atoms with Gasteiger partial charge in [0.2, 0.25) is 0 Å². The number of carbonyl (C=O) groups is 2. The summed E-state index contributed by atoms with van der Waals surface area (Å²) >= 11 is 0. The molecule has 0 saturated heterocycles. The number of ether oxygens (including phenoxy) is 1. The molecule has 1 aromatic heterocycles. The lowest BCUT2D eigenvalue weighted by atomic mass is 10.1. The van der Waals surface area contributed by atoms with Crippen LogP contribution in [0.5, 0.6) is 0 Å². The third-order valence-corrected chi connectivity index (χ3v) is 3.38. The van der Waals surface area contributed by atoms with Crippen LogP contribution in [0.4, 0.5) is 5.69 Å². The van der Waals surface area contributed by atoms with E-state index in [2.05, 4.69) is 4.98 Å². The molecule has 0 unspecified atom stereocenters. The first-order chi connectivity index (χ1) is 11.1. The molecular formula is C17H20N2O4. The van der Waals surface area contributed by atoms with Crippen LogP contribution in [0.2, 0.25) is 0 Å². The van der Waals surface area contributed by atoms with Gasteiger partial charge < -0.3 is 14.7 Å². The second-order valence-electron chi connectivity index (χ2n) is 5.07. The molecule has 1 heterocycles. The van der Waals surface area contributed by atoms with Gasteiger partial charge in [0.25, 0.3) is 0 Å². The standard InChI is InChI=1S/C17H20N2O4/c1-3-9-19(11-15(20)21)16-12-7-5-6-8-14(12)18-10-13(16)17(22)23-4-2/h5-8,10H,3-4,9,11H2,1-2H3,(H,20,21). The zero-order valence-electron chi connectivity index (χ0n) is 13.3. The van der Waals surface area contributed by atoms with E-state index in [9.17, 15) is 14.7 Å². The summed E-state index contributed by atoms with van der Waals surface area (Å²) in [5.41, 5.74) is 1.57. The molecule has 2 rings (SSSR count). The van der Waals surface area contributed by atoms with Crippen molar-refractivity contribution in [3.63, 3.8) is 0 Å². The van der Waals surface area contributed by atoms with Gasteiger partial charge in [-0.1, -0.05) is 25.1 Å².